The first kappa shape index (κ1) is 19.5. The summed E-state index contributed by atoms with van der Waals surface area (Å²) in [6, 6.07) is -1.24. The molecule has 26 heavy (non-hydrogen) atoms. The number of methoxy groups -OCH3 is 2. The maximum absolute atomic E-state index is 12.7. The van der Waals surface area contributed by atoms with E-state index >= 15 is 0 Å². The Morgan fingerprint density at radius 1 is 1.12 bits per heavy atom. The van der Waals surface area contributed by atoms with Crippen LogP contribution in [0.3, 0.4) is 0 Å². The number of carbonyl (C=O) groups is 2. The second kappa shape index (κ2) is 9.07. The minimum absolute atomic E-state index is 0.105. The fourth-order valence-corrected chi connectivity index (χ4v) is 3.81. The van der Waals surface area contributed by atoms with Gasteiger partial charge in [-0.3, -0.25) is 19.8 Å². The van der Waals surface area contributed by atoms with E-state index in [0.29, 0.717) is 6.42 Å². The Morgan fingerprint density at radius 3 is 2.58 bits per heavy atom. The molecule has 5 N–H and O–H groups in total. The molecule has 148 valence electrons. The van der Waals surface area contributed by atoms with E-state index in [1.54, 1.807) is 7.11 Å². The van der Waals surface area contributed by atoms with Crippen molar-refractivity contribution in [3.63, 3.8) is 0 Å². The second-order valence-electron chi connectivity index (χ2n) is 6.99. The number of esters is 1. The number of carbonyl (C=O) groups excluding carboxylic acids is 2. The van der Waals surface area contributed by atoms with Gasteiger partial charge in [0.2, 0.25) is 5.91 Å². The molecule has 5 atom stereocenters. The average Bonchev–Trinajstić information content (AvgIpc) is 3.22. The van der Waals surface area contributed by atoms with E-state index in [0.717, 1.165) is 39.0 Å². The van der Waals surface area contributed by atoms with E-state index in [1.165, 1.54) is 7.11 Å². The van der Waals surface area contributed by atoms with Crippen molar-refractivity contribution in [3.05, 3.63) is 0 Å². The van der Waals surface area contributed by atoms with Crippen molar-refractivity contribution in [2.45, 2.75) is 56.2 Å². The van der Waals surface area contributed by atoms with E-state index in [4.69, 9.17) is 9.47 Å². The Kier molecular flexibility index (Phi) is 6.79. The summed E-state index contributed by atoms with van der Waals surface area (Å²) in [4.78, 5) is 27.0. The van der Waals surface area contributed by atoms with Crippen LogP contribution >= 0.6 is 0 Å². The summed E-state index contributed by atoms with van der Waals surface area (Å²) in [6.07, 6.45) is 3.02. The largest absolute Gasteiger partial charge is 0.468 e. The zero-order valence-electron chi connectivity index (χ0n) is 15.4. The molecule has 0 aromatic rings. The van der Waals surface area contributed by atoms with Crippen LogP contribution in [0.1, 0.15) is 25.7 Å². The third-order valence-electron chi connectivity index (χ3n) is 5.38. The number of hydrazine groups is 1. The number of nitrogens with one attached hydrogen (secondary N) is 5. The predicted octanol–water partition coefficient (Wildman–Crippen LogP) is -2.19. The fourth-order valence-electron chi connectivity index (χ4n) is 3.81. The first-order chi connectivity index (χ1) is 12.6. The summed E-state index contributed by atoms with van der Waals surface area (Å²) < 4.78 is 10.1. The fraction of sp³-hybridized carbons (Fsp3) is 0.875. The van der Waals surface area contributed by atoms with Gasteiger partial charge in [-0.1, -0.05) is 0 Å². The molecule has 0 aromatic carbocycles. The molecule has 3 aliphatic rings. The molecule has 0 saturated carbocycles. The van der Waals surface area contributed by atoms with Crippen molar-refractivity contribution >= 4 is 11.9 Å². The molecule has 3 saturated heterocycles. The van der Waals surface area contributed by atoms with Crippen molar-refractivity contribution in [1.29, 1.82) is 0 Å². The molecule has 3 aliphatic heterocycles. The Hall–Kier alpha value is -1.30. The molecule has 3 fully saturated rings. The zero-order valence-corrected chi connectivity index (χ0v) is 15.4. The SMILES string of the molecule is COC(=O)C1NC(OC)CCC1NC(=O)C1CCC(N2CCNC2)NN1. The molecule has 0 radical (unpaired) electrons. The smallest absolute Gasteiger partial charge is 0.325 e. The van der Waals surface area contributed by atoms with Crippen LogP contribution in [0.2, 0.25) is 0 Å². The molecule has 0 aromatic heterocycles. The highest BCUT2D eigenvalue weighted by atomic mass is 16.5. The summed E-state index contributed by atoms with van der Waals surface area (Å²) in [7, 11) is 2.94. The van der Waals surface area contributed by atoms with Gasteiger partial charge in [0.15, 0.2) is 0 Å². The Labute approximate surface area is 153 Å². The molecule has 1 amide bonds. The van der Waals surface area contributed by atoms with Crippen LogP contribution in [0.4, 0.5) is 0 Å². The van der Waals surface area contributed by atoms with Crippen molar-refractivity contribution in [2.75, 3.05) is 34.0 Å². The molecule has 10 nitrogen and oxygen atoms in total. The number of amides is 1. The summed E-state index contributed by atoms with van der Waals surface area (Å²) in [6.45, 7) is 2.87. The number of nitrogens with zero attached hydrogens (tertiary/aromatic N) is 1. The molecular weight excluding hydrogens is 340 g/mol. The van der Waals surface area contributed by atoms with E-state index in [1.807, 2.05) is 0 Å². The first-order valence-corrected chi connectivity index (χ1v) is 9.25. The lowest BCUT2D eigenvalue weighted by molar-refractivity contribution is -0.147. The van der Waals surface area contributed by atoms with E-state index in [9.17, 15) is 9.59 Å². The van der Waals surface area contributed by atoms with E-state index in [-0.39, 0.29) is 30.4 Å². The number of hydrogen-bond acceptors (Lipinski definition) is 9. The van der Waals surface area contributed by atoms with Crippen molar-refractivity contribution in [2.24, 2.45) is 0 Å². The van der Waals surface area contributed by atoms with E-state index in [2.05, 4.69) is 31.7 Å². The number of piperidine rings is 1. The Balaban J connectivity index is 1.51. The molecule has 0 spiro atoms. The molecule has 3 heterocycles. The van der Waals surface area contributed by atoms with Gasteiger partial charge in [0, 0.05) is 26.9 Å². The number of rotatable bonds is 5. The number of ether oxygens (including phenoxy) is 2. The lowest BCUT2D eigenvalue weighted by Crippen LogP contribution is -2.65. The third kappa shape index (κ3) is 4.51. The summed E-state index contributed by atoms with van der Waals surface area (Å²) in [5, 5.41) is 9.40. The molecule has 0 bridgehead atoms. The van der Waals surface area contributed by atoms with Gasteiger partial charge in [-0.15, -0.1) is 0 Å². The zero-order chi connectivity index (χ0) is 18.5. The minimum atomic E-state index is -0.609. The normalized spacial score (nSPS) is 35.8. The van der Waals surface area contributed by atoms with Gasteiger partial charge >= 0.3 is 5.97 Å². The minimum Gasteiger partial charge on any atom is -0.468 e. The lowest BCUT2D eigenvalue weighted by atomic mass is 9.96. The van der Waals surface area contributed by atoms with Crippen LogP contribution in [0.5, 0.6) is 0 Å². The molecule has 0 aliphatic carbocycles. The quantitative estimate of drug-likeness (QED) is 0.344. The second-order valence-corrected chi connectivity index (χ2v) is 6.99. The molecule has 3 rings (SSSR count). The highest BCUT2D eigenvalue weighted by Crippen LogP contribution is 2.17. The molecule has 10 heteroatoms. The van der Waals surface area contributed by atoms with Crippen LogP contribution in [0, 0.1) is 0 Å². The van der Waals surface area contributed by atoms with Crippen molar-refractivity contribution < 1.29 is 19.1 Å². The third-order valence-corrected chi connectivity index (χ3v) is 5.38. The highest BCUT2D eigenvalue weighted by Gasteiger charge is 2.38. The Bertz CT molecular complexity index is 493. The van der Waals surface area contributed by atoms with Crippen LogP contribution in [0.25, 0.3) is 0 Å². The van der Waals surface area contributed by atoms with Crippen LogP contribution < -0.4 is 26.8 Å². The van der Waals surface area contributed by atoms with Crippen LogP contribution in [-0.2, 0) is 19.1 Å². The van der Waals surface area contributed by atoms with Crippen molar-refractivity contribution in [1.82, 2.24) is 31.7 Å². The standard InChI is InChI=1S/C16H30N6O4/c1-25-13-6-4-10(14(19-13)16(24)26-2)18-15(23)11-3-5-12(21-20-11)22-8-7-17-9-22/h10-14,17,19-21H,3-9H2,1-2H3,(H,18,23). The Morgan fingerprint density at radius 2 is 1.96 bits per heavy atom. The van der Waals surface area contributed by atoms with Gasteiger partial charge in [0.25, 0.3) is 0 Å². The predicted molar refractivity (Wildman–Crippen MR) is 93.6 cm³/mol. The van der Waals surface area contributed by atoms with E-state index < -0.39 is 12.0 Å². The first-order valence-electron chi connectivity index (χ1n) is 9.25. The maximum Gasteiger partial charge on any atom is 0.325 e. The van der Waals surface area contributed by atoms with Gasteiger partial charge in [-0.25, -0.2) is 10.9 Å². The van der Waals surface area contributed by atoms with Gasteiger partial charge < -0.3 is 20.1 Å². The number of hydrogen-bond donors (Lipinski definition) is 5. The van der Waals surface area contributed by atoms with Crippen LogP contribution in [0.15, 0.2) is 0 Å². The summed E-state index contributed by atoms with van der Waals surface area (Å²) in [5.41, 5.74) is 6.36. The maximum atomic E-state index is 12.7. The molecule has 5 unspecified atom stereocenters. The van der Waals surface area contributed by atoms with Crippen molar-refractivity contribution in [3.8, 4) is 0 Å². The van der Waals surface area contributed by atoms with Gasteiger partial charge in [0.05, 0.1) is 19.3 Å². The van der Waals surface area contributed by atoms with Gasteiger partial charge in [-0.2, -0.15) is 0 Å². The lowest BCUT2D eigenvalue weighted by Gasteiger charge is -2.38. The van der Waals surface area contributed by atoms with Gasteiger partial charge in [0.1, 0.15) is 18.3 Å². The summed E-state index contributed by atoms with van der Waals surface area (Å²) in [5.74, 6) is -0.500. The monoisotopic (exact) mass is 370 g/mol. The average molecular weight is 370 g/mol. The molecular formula is C16H30N6O4. The topological polar surface area (TPSA) is 116 Å². The highest BCUT2D eigenvalue weighted by molar-refractivity contribution is 5.84. The van der Waals surface area contributed by atoms with Gasteiger partial charge in [-0.05, 0) is 25.7 Å². The van der Waals surface area contributed by atoms with Crippen LogP contribution in [-0.4, -0.2) is 81.3 Å². The summed E-state index contributed by atoms with van der Waals surface area (Å²) >= 11 is 0.